The zero-order valence-electron chi connectivity index (χ0n) is 14.1. The number of hydrogen-bond acceptors (Lipinski definition) is 6. The van der Waals surface area contributed by atoms with Crippen molar-refractivity contribution in [2.75, 3.05) is 27.9 Å². The van der Waals surface area contributed by atoms with Gasteiger partial charge in [-0.3, -0.25) is 9.59 Å². The minimum atomic E-state index is -0.724. The van der Waals surface area contributed by atoms with Crippen molar-refractivity contribution in [3.05, 3.63) is 41.2 Å². The summed E-state index contributed by atoms with van der Waals surface area (Å²) in [6, 6.07) is 6.28. The lowest BCUT2D eigenvalue weighted by atomic mass is 9.96. The molecule has 1 N–H and O–H groups in total. The summed E-state index contributed by atoms with van der Waals surface area (Å²) >= 11 is 0. The van der Waals surface area contributed by atoms with Crippen LogP contribution in [0, 0.1) is 0 Å². The second-order valence-electron chi connectivity index (χ2n) is 5.36. The van der Waals surface area contributed by atoms with Gasteiger partial charge < -0.3 is 24.2 Å². The lowest BCUT2D eigenvalue weighted by molar-refractivity contribution is -0.144. The third-order valence-corrected chi connectivity index (χ3v) is 3.96. The average molecular weight is 335 g/mol. The van der Waals surface area contributed by atoms with Crippen molar-refractivity contribution in [1.29, 1.82) is 0 Å². The number of benzene rings is 1. The molecule has 0 saturated carbocycles. The first-order chi connectivity index (χ1) is 11.4. The van der Waals surface area contributed by atoms with Crippen LogP contribution >= 0.6 is 0 Å². The van der Waals surface area contributed by atoms with Gasteiger partial charge in [-0.2, -0.15) is 0 Å². The summed E-state index contributed by atoms with van der Waals surface area (Å²) in [6.07, 6.45) is -0.679. The van der Waals surface area contributed by atoms with Crippen LogP contribution in [0.1, 0.15) is 18.5 Å². The van der Waals surface area contributed by atoms with Gasteiger partial charge in [0.05, 0.1) is 25.3 Å². The minimum absolute atomic E-state index is 0.0548. The maximum Gasteiger partial charge on any atom is 0.290 e. The summed E-state index contributed by atoms with van der Waals surface area (Å²) in [5.74, 6) is -0.958. The summed E-state index contributed by atoms with van der Waals surface area (Å²) in [7, 11) is 4.44. The van der Waals surface area contributed by atoms with Crippen LogP contribution in [0.15, 0.2) is 35.6 Å². The zero-order chi connectivity index (χ0) is 17.9. The van der Waals surface area contributed by atoms with Gasteiger partial charge in [-0.05, 0) is 24.6 Å². The van der Waals surface area contributed by atoms with Crippen LogP contribution in [-0.2, 0) is 19.1 Å². The largest absolute Gasteiger partial charge is 0.503 e. The van der Waals surface area contributed by atoms with Crippen LogP contribution in [0.3, 0.4) is 0 Å². The van der Waals surface area contributed by atoms with Crippen LogP contribution < -0.4 is 4.74 Å². The molecule has 0 aliphatic carbocycles. The molecule has 1 aliphatic heterocycles. The quantitative estimate of drug-likeness (QED) is 0.762. The first kappa shape index (κ1) is 18.0. The Labute approximate surface area is 140 Å². The molecule has 130 valence electrons. The van der Waals surface area contributed by atoms with Gasteiger partial charge in [0.25, 0.3) is 5.91 Å². The molecule has 1 atom stereocenters. The predicted molar refractivity (Wildman–Crippen MR) is 85.6 cm³/mol. The monoisotopic (exact) mass is 335 g/mol. The fourth-order valence-corrected chi connectivity index (χ4v) is 2.77. The van der Waals surface area contributed by atoms with Gasteiger partial charge in [0.2, 0.25) is 0 Å². The molecule has 0 saturated heterocycles. The molecule has 0 fully saturated rings. The van der Waals surface area contributed by atoms with E-state index in [9.17, 15) is 14.7 Å². The van der Waals surface area contributed by atoms with Crippen molar-refractivity contribution in [1.82, 2.24) is 4.90 Å². The number of carbonyl (C=O) groups is 2. The molecular weight excluding hydrogens is 314 g/mol. The molecule has 0 unspecified atom stereocenters. The number of hydrogen-bond donors (Lipinski definition) is 1. The molecular formula is C17H21NO6. The number of aliphatic hydroxyl groups excluding tert-OH is 1. The Morgan fingerprint density at radius 3 is 2.50 bits per heavy atom. The standard InChI is InChI=1S/C17H21NO6/c1-10(19)14-15(11-6-5-7-12(8-11)22-2)18(17(21)16(14)20)9-13(23-3)24-4/h5-8,13,15,20H,9H2,1-4H3/t15-/m0/s1. The number of carbonyl (C=O) groups excluding carboxylic acids is 2. The number of aliphatic hydroxyl groups is 1. The Balaban J connectivity index is 2.49. The first-order valence-electron chi connectivity index (χ1n) is 7.39. The van der Waals surface area contributed by atoms with Crippen molar-refractivity contribution in [3.8, 4) is 5.75 Å². The minimum Gasteiger partial charge on any atom is -0.503 e. The van der Waals surface area contributed by atoms with E-state index in [4.69, 9.17) is 14.2 Å². The second-order valence-corrected chi connectivity index (χ2v) is 5.36. The Morgan fingerprint density at radius 1 is 1.29 bits per heavy atom. The summed E-state index contributed by atoms with van der Waals surface area (Å²) in [5, 5.41) is 10.2. The van der Waals surface area contributed by atoms with E-state index in [2.05, 4.69) is 0 Å². The van der Waals surface area contributed by atoms with Crippen LogP contribution in [-0.4, -0.2) is 55.9 Å². The number of methoxy groups -OCH3 is 3. The molecule has 1 amide bonds. The highest BCUT2D eigenvalue weighted by Gasteiger charge is 2.43. The van der Waals surface area contributed by atoms with E-state index in [0.29, 0.717) is 11.3 Å². The highest BCUT2D eigenvalue weighted by atomic mass is 16.7. The van der Waals surface area contributed by atoms with Crippen LogP contribution in [0.25, 0.3) is 0 Å². The normalized spacial score (nSPS) is 17.8. The second kappa shape index (κ2) is 7.46. The summed E-state index contributed by atoms with van der Waals surface area (Å²) in [6.45, 7) is 1.38. The van der Waals surface area contributed by atoms with E-state index in [-0.39, 0.29) is 17.9 Å². The molecule has 0 spiro atoms. The number of rotatable bonds is 7. The van der Waals surface area contributed by atoms with E-state index in [0.717, 1.165) is 0 Å². The lowest BCUT2D eigenvalue weighted by Crippen LogP contribution is -2.38. The van der Waals surface area contributed by atoms with Crippen molar-refractivity contribution in [3.63, 3.8) is 0 Å². The smallest absolute Gasteiger partial charge is 0.290 e. The van der Waals surface area contributed by atoms with Crippen LogP contribution in [0.5, 0.6) is 5.75 Å². The van der Waals surface area contributed by atoms with Crippen molar-refractivity contribution in [2.24, 2.45) is 0 Å². The predicted octanol–water partition coefficient (Wildman–Crippen LogP) is 1.60. The average Bonchev–Trinajstić information content (AvgIpc) is 2.84. The van der Waals surface area contributed by atoms with E-state index in [1.165, 1.54) is 33.2 Å². The highest BCUT2D eigenvalue weighted by Crippen LogP contribution is 2.38. The maximum absolute atomic E-state index is 12.4. The number of amides is 1. The molecule has 1 aromatic rings. The third kappa shape index (κ3) is 3.27. The molecule has 7 heteroatoms. The molecule has 1 heterocycles. The summed E-state index contributed by atoms with van der Waals surface area (Å²) in [5.41, 5.74) is 0.710. The first-order valence-corrected chi connectivity index (χ1v) is 7.39. The molecule has 0 radical (unpaired) electrons. The number of Topliss-reactive ketones (excluding diaryl/α,β-unsaturated/α-hetero) is 1. The maximum atomic E-state index is 12.4. The molecule has 7 nitrogen and oxygen atoms in total. The molecule has 0 bridgehead atoms. The Bertz CT molecular complexity index is 665. The fourth-order valence-electron chi connectivity index (χ4n) is 2.77. The SMILES string of the molecule is COc1cccc([C@H]2C(C(C)=O)=C(O)C(=O)N2CC(OC)OC)c1. The van der Waals surface area contributed by atoms with Crippen LogP contribution in [0.2, 0.25) is 0 Å². The summed E-state index contributed by atoms with van der Waals surface area (Å²) in [4.78, 5) is 25.8. The van der Waals surface area contributed by atoms with Crippen molar-refractivity contribution < 1.29 is 28.9 Å². The van der Waals surface area contributed by atoms with Gasteiger partial charge in [0, 0.05) is 14.2 Å². The Hall–Kier alpha value is -2.38. The summed E-state index contributed by atoms with van der Waals surface area (Å²) < 4.78 is 15.5. The van der Waals surface area contributed by atoms with Crippen molar-refractivity contribution in [2.45, 2.75) is 19.3 Å². The van der Waals surface area contributed by atoms with E-state index < -0.39 is 24.0 Å². The van der Waals surface area contributed by atoms with Gasteiger partial charge in [-0.1, -0.05) is 12.1 Å². The number of ether oxygens (including phenoxy) is 3. The molecule has 1 aromatic carbocycles. The van der Waals surface area contributed by atoms with Gasteiger partial charge >= 0.3 is 0 Å². The van der Waals surface area contributed by atoms with E-state index >= 15 is 0 Å². The van der Waals surface area contributed by atoms with Gasteiger partial charge in [0.15, 0.2) is 17.8 Å². The lowest BCUT2D eigenvalue weighted by Gasteiger charge is -2.29. The van der Waals surface area contributed by atoms with Gasteiger partial charge in [0.1, 0.15) is 5.75 Å². The van der Waals surface area contributed by atoms with Crippen LogP contribution in [0.4, 0.5) is 0 Å². The van der Waals surface area contributed by atoms with Crippen molar-refractivity contribution >= 4 is 11.7 Å². The fraction of sp³-hybridized carbons (Fsp3) is 0.412. The number of nitrogens with zero attached hydrogens (tertiary/aromatic N) is 1. The number of ketones is 1. The van der Waals surface area contributed by atoms with E-state index in [1.54, 1.807) is 24.3 Å². The van der Waals surface area contributed by atoms with Gasteiger partial charge in [-0.25, -0.2) is 0 Å². The topological polar surface area (TPSA) is 85.3 Å². The third-order valence-electron chi connectivity index (χ3n) is 3.96. The zero-order valence-corrected chi connectivity index (χ0v) is 14.1. The highest BCUT2D eigenvalue weighted by molar-refractivity contribution is 6.08. The molecule has 0 aromatic heterocycles. The van der Waals surface area contributed by atoms with Gasteiger partial charge in [-0.15, -0.1) is 0 Å². The Kier molecular flexibility index (Phi) is 5.58. The molecule has 2 rings (SSSR count). The molecule has 24 heavy (non-hydrogen) atoms. The Morgan fingerprint density at radius 2 is 1.96 bits per heavy atom. The van der Waals surface area contributed by atoms with E-state index in [1.807, 2.05) is 0 Å². The molecule has 1 aliphatic rings.